The molecule has 3 nitrogen and oxygen atoms in total. The fourth-order valence-corrected chi connectivity index (χ4v) is 2.52. The van der Waals surface area contributed by atoms with Crippen molar-refractivity contribution in [3.05, 3.63) is 29.8 Å². The fraction of sp³-hybridized carbons (Fsp3) is 0.500. The molecule has 0 unspecified atom stereocenters. The average molecular weight is 269 g/mol. The lowest BCUT2D eigenvalue weighted by atomic mass is 9.82. The predicted molar refractivity (Wildman–Crippen MR) is 67.6 cm³/mol. The van der Waals surface area contributed by atoms with E-state index in [4.69, 9.17) is 0 Å². The molecule has 5 heteroatoms. The molecule has 0 saturated heterocycles. The highest BCUT2D eigenvalue weighted by Crippen LogP contribution is 2.31. The Bertz CT molecular complexity index is 450. The molecule has 1 aliphatic carbocycles. The molecule has 0 atom stereocenters. The van der Waals surface area contributed by atoms with Gasteiger partial charge in [-0.3, -0.25) is 4.79 Å². The summed E-state index contributed by atoms with van der Waals surface area (Å²) in [5.74, 6) is -1.91. The highest BCUT2D eigenvalue weighted by Gasteiger charge is 2.31. The first-order chi connectivity index (χ1) is 8.97. The van der Waals surface area contributed by atoms with Crippen molar-refractivity contribution in [2.75, 3.05) is 5.32 Å². The summed E-state index contributed by atoms with van der Waals surface area (Å²) in [6.07, 6.45) is 4.02. The first kappa shape index (κ1) is 13.9. The lowest BCUT2D eigenvalue weighted by molar-refractivity contribution is -0.122. The average Bonchev–Trinajstić information content (AvgIpc) is 2.27. The lowest BCUT2D eigenvalue weighted by Crippen LogP contribution is -2.35. The summed E-state index contributed by atoms with van der Waals surface area (Å²) in [6, 6.07) is 2.84. The zero-order valence-electron chi connectivity index (χ0n) is 10.6. The van der Waals surface area contributed by atoms with Gasteiger partial charge in [0.05, 0.1) is 12.0 Å². The van der Waals surface area contributed by atoms with Crippen molar-refractivity contribution >= 4 is 11.6 Å². The van der Waals surface area contributed by atoms with Crippen LogP contribution in [0, 0.1) is 11.6 Å². The number of halogens is 2. The van der Waals surface area contributed by atoms with Crippen LogP contribution in [0.3, 0.4) is 0 Å². The maximum absolute atomic E-state index is 13.0. The minimum atomic E-state index is -0.978. The highest BCUT2D eigenvalue weighted by molar-refractivity contribution is 5.91. The number of amides is 1. The van der Waals surface area contributed by atoms with Crippen molar-refractivity contribution < 1.29 is 18.7 Å². The number of aliphatic hydroxyl groups is 1. The summed E-state index contributed by atoms with van der Waals surface area (Å²) in [7, 11) is 0. The third kappa shape index (κ3) is 3.99. The van der Waals surface area contributed by atoms with E-state index in [0.29, 0.717) is 12.8 Å². The highest BCUT2D eigenvalue weighted by atomic mass is 19.1. The fourth-order valence-electron chi connectivity index (χ4n) is 2.52. The van der Waals surface area contributed by atoms with Crippen LogP contribution >= 0.6 is 0 Å². The molecular formula is C14H17F2NO2. The monoisotopic (exact) mass is 269 g/mol. The Morgan fingerprint density at radius 2 is 1.74 bits per heavy atom. The van der Waals surface area contributed by atoms with E-state index in [1.807, 2.05) is 0 Å². The summed E-state index contributed by atoms with van der Waals surface area (Å²) >= 11 is 0. The molecule has 1 aliphatic rings. The number of anilines is 1. The Kier molecular flexibility index (Phi) is 4.14. The maximum atomic E-state index is 13.0. The zero-order chi connectivity index (χ0) is 13.9. The van der Waals surface area contributed by atoms with E-state index < -0.39 is 23.1 Å². The molecule has 1 aromatic rings. The van der Waals surface area contributed by atoms with Gasteiger partial charge in [-0.25, -0.2) is 8.78 Å². The Balaban J connectivity index is 1.97. The van der Waals surface area contributed by atoms with Crippen LogP contribution in [0.5, 0.6) is 0 Å². The molecule has 2 N–H and O–H groups in total. The van der Waals surface area contributed by atoms with Crippen molar-refractivity contribution in [2.24, 2.45) is 0 Å². The van der Waals surface area contributed by atoms with E-state index in [2.05, 4.69) is 5.32 Å². The molecule has 2 rings (SSSR count). The molecule has 1 amide bonds. The van der Waals surface area contributed by atoms with Gasteiger partial charge in [-0.05, 0) is 25.0 Å². The molecular weight excluding hydrogens is 252 g/mol. The molecule has 1 fully saturated rings. The minimum Gasteiger partial charge on any atom is -0.389 e. The first-order valence-electron chi connectivity index (χ1n) is 6.45. The van der Waals surface area contributed by atoms with Crippen LogP contribution in [0.4, 0.5) is 14.5 Å². The van der Waals surface area contributed by atoms with Gasteiger partial charge < -0.3 is 10.4 Å². The van der Waals surface area contributed by atoms with Gasteiger partial charge in [0.25, 0.3) is 0 Å². The summed E-state index contributed by atoms with van der Waals surface area (Å²) in [5.41, 5.74) is -0.907. The number of carbonyl (C=O) groups is 1. The molecule has 0 aliphatic heterocycles. The van der Waals surface area contributed by atoms with Gasteiger partial charge in [-0.2, -0.15) is 0 Å². The van der Waals surface area contributed by atoms with Crippen LogP contribution < -0.4 is 5.32 Å². The number of carbonyl (C=O) groups excluding carboxylic acids is 1. The summed E-state index contributed by atoms with van der Waals surface area (Å²) in [4.78, 5) is 11.8. The maximum Gasteiger partial charge on any atom is 0.227 e. The molecule has 0 bridgehead atoms. The van der Waals surface area contributed by atoms with Gasteiger partial charge in [0.15, 0.2) is 0 Å². The SMILES string of the molecule is O=C(CC1(O)CCCCC1)Nc1cc(F)cc(F)c1. The second kappa shape index (κ2) is 5.65. The van der Waals surface area contributed by atoms with E-state index in [-0.39, 0.29) is 12.1 Å². The molecule has 0 radical (unpaired) electrons. The topological polar surface area (TPSA) is 49.3 Å². The molecule has 0 aromatic heterocycles. The molecule has 1 aromatic carbocycles. The van der Waals surface area contributed by atoms with Crippen molar-refractivity contribution in [1.29, 1.82) is 0 Å². The molecule has 104 valence electrons. The van der Waals surface area contributed by atoms with Crippen molar-refractivity contribution in [3.63, 3.8) is 0 Å². The molecule has 1 saturated carbocycles. The Morgan fingerprint density at radius 3 is 2.32 bits per heavy atom. The number of benzene rings is 1. The van der Waals surface area contributed by atoms with Gasteiger partial charge in [-0.1, -0.05) is 19.3 Å². The Hall–Kier alpha value is -1.49. The third-order valence-corrected chi connectivity index (χ3v) is 3.42. The molecule has 0 heterocycles. The number of nitrogens with one attached hydrogen (secondary N) is 1. The first-order valence-corrected chi connectivity index (χ1v) is 6.45. The van der Waals surface area contributed by atoms with Crippen LogP contribution in [-0.2, 0) is 4.79 Å². The van der Waals surface area contributed by atoms with Gasteiger partial charge in [0, 0.05) is 11.8 Å². The summed E-state index contributed by atoms with van der Waals surface area (Å²) in [6.45, 7) is 0. The second-order valence-electron chi connectivity index (χ2n) is 5.17. The number of hydrogen-bond acceptors (Lipinski definition) is 2. The predicted octanol–water partition coefficient (Wildman–Crippen LogP) is 2.99. The van der Waals surface area contributed by atoms with Crippen molar-refractivity contribution in [3.8, 4) is 0 Å². The van der Waals surface area contributed by atoms with Crippen LogP contribution in [0.25, 0.3) is 0 Å². The van der Waals surface area contributed by atoms with E-state index in [1.54, 1.807) is 0 Å². The normalized spacial score (nSPS) is 18.1. The standard InChI is InChI=1S/C14H17F2NO2/c15-10-6-11(16)8-12(7-10)17-13(18)9-14(19)4-2-1-3-5-14/h6-8,19H,1-5,9H2,(H,17,18). The van der Waals surface area contributed by atoms with E-state index in [0.717, 1.165) is 37.5 Å². The molecule has 19 heavy (non-hydrogen) atoms. The van der Waals surface area contributed by atoms with Crippen molar-refractivity contribution in [2.45, 2.75) is 44.1 Å². The van der Waals surface area contributed by atoms with E-state index in [1.165, 1.54) is 0 Å². The smallest absolute Gasteiger partial charge is 0.227 e. The van der Waals surface area contributed by atoms with E-state index >= 15 is 0 Å². The van der Waals surface area contributed by atoms with Crippen LogP contribution in [0.2, 0.25) is 0 Å². The van der Waals surface area contributed by atoms with Crippen molar-refractivity contribution in [1.82, 2.24) is 0 Å². The van der Waals surface area contributed by atoms with Gasteiger partial charge in [0.2, 0.25) is 5.91 Å². The summed E-state index contributed by atoms with van der Waals surface area (Å²) in [5, 5.41) is 12.6. The van der Waals surface area contributed by atoms with Gasteiger partial charge in [0.1, 0.15) is 11.6 Å². The quantitative estimate of drug-likeness (QED) is 0.886. The van der Waals surface area contributed by atoms with E-state index in [9.17, 15) is 18.7 Å². The minimum absolute atomic E-state index is 0.0366. The summed E-state index contributed by atoms with van der Waals surface area (Å²) < 4.78 is 25.9. The lowest BCUT2D eigenvalue weighted by Gasteiger charge is -2.31. The Labute approximate surface area is 110 Å². The molecule has 0 spiro atoms. The zero-order valence-corrected chi connectivity index (χ0v) is 10.6. The van der Waals surface area contributed by atoms with Gasteiger partial charge >= 0.3 is 0 Å². The largest absolute Gasteiger partial charge is 0.389 e. The number of rotatable bonds is 3. The number of hydrogen-bond donors (Lipinski definition) is 2. The van der Waals surface area contributed by atoms with Crippen LogP contribution in [-0.4, -0.2) is 16.6 Å². The van der Waals surface area contributed by atoms with Crippen LogP contribution in [0.1, 0.15) is 38.5 Å². The van der Waals surface area contributed by atoms with Crippen LogP contribution in [0.15, 0.2) is 18.2 Å². The third-order valence-electron chi connectivity index (χ3n) is 3.42. The second-order valence-corrected chi connectivity index (χ2v) is 5.17. The Morgan fingerprint density at radius 1 is 1.16 bits per heavy atom. The van der Waals surface area contributed by atoms with Gasteiger partial charge in [-0.15, -0.1) is 0 Å².